The number of nitrogens with one attached hydrogen (secondary N) is 1. The van der Waals surface area contributed by atoms with Crippen molar-refractivity contribution in [2.45, 2.75) is 25.2 Å². The molecule has 0 radical (unpaired) electrons. The van der Waals surface area contributed by atoms with Crippen molar-refractivity contribution in [2.24, 2.45) is 0 Å². The van der Waals surface area contributed by atoms with Crippen LogP contribution < -0.4 is 0 Å². The van der Waals surface area contributed by atoms with Crippen molar-refractivity contribution >= 4 is 32.6 Å². The minimum atomic E-state index is -0.343. The van der Waals surface area contributed by atoms with Crippen molar-refractivity contribution in [1.82, 2.24) is 4.98 Å². The predicted molar refractivity (Wildman–Crippen MR) is 164 cm³/mol. The molecule has 2 aliphatic carbocycles. The van der Waals surface area contributed by atoms with E-state index in [1.54, 1.807) is 0 Å². The Bertz CT molecular complexity index is 2100. The van der Waals surface area contributed by atoms with Gasteiger partial charge in [0.25, 0.3) is 0 Å². The number of aromatic amines is 1. The van der Waals surface area contributed by atoms with Crippen molar-refractivity contribution in [1.29, 1.82) is 0 Å². The van der Waals surface area contributed by atoms with E-state index in [9.17, 15) is 0 Å². The average molecular weight is 498 g/mol. The minimum Gasteiger partial charge on any atom is -0.354 e. The largest absolute Gasteiger partial charge is 0.354 e. The Morgan fingerprint density at radius 3 is 1.79 bits per heavy atom. The SMILES string of the molecule is CCCc1ccc2c(c1)[nH]c1cc3c4c(cccc4c12)C1(c2ccccc2-c2ccccc21)c1ccccc1-3. The Balaban J connectivity index is 1.50. The molecule has 0 bridgehead atoms. The van der Waals surface area contributed by atoms with Crippen LogP contribution in [0.2, 0.25) is 0 Å². The van der Waals surface area contributed by atoms with Gasteiger partial charge in [0.15, 0.2) is 0 Å². The van der Waals surface area contributed by atoms with Gasteiger partial charge in [-0.05, 0) is 79.4 Å². The van der Waals surface area contributed by atoms with Crippen LogP contribution in [0.1, 0.15) is 41.2 Å². The van der Waals surface area contributed by atoms with Crippen molar-refractivity contribution in [3.05, 3.63) is 143 Å². The zero-order chi connectivity index (χ0) is 25.7. The molecule has 0 amide bonds. The lowest BCUT2D eigenvalue weighted by atomic mass is 9.61. The molecule has 39 heavy (non-hydrogen) atoms. The first-order valence-corrected chi connectivity index (χ1v) is 14.1. The molecule has 2 aliphatic rings. The highest BCUT2D eigenvalue weighted by Crippen LogP contribution is 2.62. The summed E-state index contributed by atoms with van der Waals surface area (Å²) < 4.78 is 0. The Labute approximate surface area is 227 Å². The predicted octanol–water partition coefficient (Wildman–Crippen LogP) is 9.77. The number of hydrogen-bond acceptors (Lipinski definition) is 0. The molecule has 1 heterocycles. The Hall–Kier alpha value is -4.62. The molecule has 1 aromatic heterocycles. The summed E-state index contributed by atoms with van der Waals surface area (Å²) >= 11 is 0. The topological polar surface area (TPSA) is 15.8 Å². The van der Waals surface area contributed by atoms with E-state index in [2.05, 4.69) is 127 Å². The van der Waals surface area contributed by atoms with E-state index in [0.29, 0.717) is 0 Å². The van der Waals surface area contributed by atoms with Gasteiger partial charge in [0.05, 0.1) is 5.41 Å². The quantitative estimate of drug-likeness (QED) is 0.245. The molecule has 1 spiro atoms. The molecule has 0 fully saturated rings. The van der Waals surface area contributed by atoms with E-state index in [0.717, 1.165) is 12.8 Å². The van der Waals surface area contributed by atoms with Gasteiger partial charge >= 0.3 is 0 Å². The molecule has 9 rings (SSSR count). The van der Waals surface area contributed by atoms with Gasteiger partial charge in [-0.3, -0.25) is 0 Å². The zero-order valence-corrected chi connectivity index (χ0v) is 21.9. The first-order valence-electron chi connectivity index (χ1n) is 14.1. The van der Waals surface area contributed by atoms with Crippen LogP contribution >= 0.6 is 0 Å². The fraction of sp³-hybridized carbons (Fsp3) is 0.105. The summed E-state index contributed by atoms with van der Waals surface area (Å²) in [5, 5.41) is 5.37. The van der Waals surface area contributed by atoms with Gasteiger partial charge < -0.3 is 4.98 Å². The zero-order valence-electron chi connectivity index (χ0n) is 21.9. The van der Waals surface area contributed by atoms with Crippen LogP contribution in [0, 0.1) is 0 Å². The van der Waals surface area contributed by atoms with Crippen molar-refractivity contribution in [3.63, 3.8) is 0 Å². The third-order valence-electron chi connectivity index (χ3n) is 9.30. The van der Waals surface area contributed by atoms with Gasteiger partial charge in [0, 0.05) is 21.8 Å². The lowest BCUT2D eigenvalue weighted by Crippen LogP contribution is -2.31. The van der Waals surface area contributed by atoms with Crippen molar-refractivity contribution in [2.75, 3.05) is 0 Å². The van der Waals surface area contributed by atoms with Gasteiger partial charge in [-0.2, -0.15) is 0 Å². The normalized spacial score (nSPS) is 14.2. The van der Waals surface area contributed by atoms with Crippen LogP contribution in [0.5, 0.6) is 0 Å². The summed E-state index contributed by atoms with van der Waals surface area (Å²) in [6.07, 6.45) is 2.26. The molecule has 184 valence electrons. The van der Waals surface area contributed by atoms with Gasteiger partial charge in [0.2, 0.25) is 0 Å². The van der Waals surface area contributed by atoms with E-state index >= 15 is 0 Å². The summed E-state index contributed by atoms with van der Waals surface area (Å²) in [6, 6.07) is 43.6. The molecule has 1 heteroatoms. The number of H-pyrrole nitrogens is 1. The number of rotatable bonds is 2. The van der Waals surface area contributed by atoms with Gasteiger partial charge in [-0.1, -0.05) is 116 Å². The Morgan fingerprint density at radius 1 is 0.513 bits per heavy atom. The van der Waals surface area contributed by atoms with Gasteiger partial charge in [-0.25, -0.2) is 0 Å². The highest BCUT2D eigenvalue weighted by Gasteiger charge is 2.49. The van der Waals surface area contributed by atoms with Crippen LogP contribution in [-0.4, -0.2) is 4.98 Å². The van der Waals surface area contributed by atoms with Crippen LogP contribution in [0.4, 0.5) is 0 Å². The lowest BCUT2D eigenvalue weighted by molar-refractivity contribution is 0.773. The standard InChI is InChI=1S/C38H27N/c1-2-10-23-19-20-27-34(21-23)39-35-22-29-26-13-5-8-17-32(26)38(33-18-9-14-28(36(29)33)37(27)35)30-15-6-3-11-24(30)25-12-4-7-16-31(25)38/h3-9,11-22,39H,2,10H2,1H3. The number of fused-ring (bicyclic) bond motifs is 13. The Kier molecular flexibility index (Phi) is 4.09. The van der Waals surface area contributed by atoms with Crippen molar-refractivity contribution < 1.29 is 0 Å². The highest BCUT2D eigenvalue weighted by atomic mass is 14.7. The second kappa shape index (κ2) is 7.48. The van der Waals surface area contributed by atoms with Gasteiger partial charge in [-0.15, -0.1) is 0 Å². The highest BCUT2D eigenvalue weighted by molar-refractivity contribution is 6.25. The summed E-state index contributed by atoms with van der Waals surface area (Å²) in [5.41, 5.74) is 14.4. The van der Waals surface area contributed by atoms with Crippen LogP contribution in [-0.2, 0) is 11.8 Å². The van der Waals surface area contributed by atoms with Crippen LogP contribution in [0.25, 0.3) is 54.8 Å². The lowest BCUT2D eigenvalue weighted by Gasteiger charge is -2.40. The van der Waals surface area contributed by atoms with Crippen molar-refractivity contribution in [3.8, 4) is 22.3 Å². The second-order valence-corrected chi connectivity index (χ2v) is 11.2. The summed E-state index contributed by atoms with van der Waals surface area (Å²) in [7, 11) is 0. The number of hydrogen-bond donors (Lipinski definition) is 1. The molecule has 7 aromatic rings. The van der Waals surface area contributed by atoms with Gasteiger partial charge in [0.1, 0.15) is 0 Å². The van der Waals surface area contributed by atoms with Crippen LogP contribution in [0.15, 0.2) is 115 Å². The molecule has 1 nitrogen and oxygen atoms in total. The van der Waals surface area contributed by atoms with E-state index in [1.807, 2.05) is 0 Å². The number of benzene rings is 6. The van der Waals surface area contributed by atoms with E-state index in [4.69, 9.17) is 0 Å². The molecular formula is C38H27N. The molecule has 0 saturated heterocycles. The molecule has 0 aliphatic heterocycles. The van der Waals surface area contributed by atoms with E-state index in [-0.39, 0.29) is 5.41 Å². The first-order chi connectivity index (χ1) is 19.3. The minimum absolute atomic E-state index is 0.343. The smallest absolute Gasteiger partial charge is 0.0725 e. The molecule has 6 aromatic carbocycles. The molecule has 0 unspecified atom stereocenters. The summed E-state index contributed by atoms with van der Waals surface area (Å²) in [5.74, 6) is 0. The molecule has 1 N–H and O–H groups in total. The van der Waals surface area contributed by atoms with E-state index < -0.39 is 0 Å². The maximum absolute atomic E-state index is 3.81. The second-order valence-electron chi connectivity index (χ2n) is 11.2. The van der Waals surface area contributed by atoms with Crippen LogP contribution in [0.3, 0.4) is 0 Å². The molecular weight excluding hydrogens is 470 g/mol. The number of aryl methyl sites for hydroxylation is 1. The maximum atomic E-state index is 3.81. The van der Waals surface area contributed by atoms with E-state index in [1.165, 1.54) is 82.6 Å². The third kappa shape index (κ3) is 2.51. The number of aromatic nitrogens is 1. The molecule has 0 atom stereocenters. The fourth-order valence-corrected chi connectivity index (χ4v) is 7.91. The average Bonchev–Trinajstić information content (AvgIpc) is 3.50. The summed E-state index contributed by atoms with van der Waals surface area (Å²) in [4.78, 5) is 3.81. The fourth-order valence-electron chi connectivity index (χ4n) is 7.91. The Morgan fingerprint density at radius 2 is 1.13 bits per heavy atom. The monoisotopic (exact) mass is 497 g/mol. The first kappa shape index (κ1) is 21.3. The molecule has 0 saturated carbocycles. The third-order valence-corrected chi connectivity index (χ3v) is 9.30. The summed E-state index contributed by atoms with van der Waals surface area (Å²) in [6.45, 7) is 2.25. The maximum Gasteiger partial charge on any atom is 0.0725 e.